The summed E-state index contributed by atoms with van der Waals surface area (Å²) in [5.41, 5.74) is 1.54. The lowest BCUT2D eigenvalue weighted by Crippen LogP contribution is -1.97. The molecule has 2 aromatic rings. The standard InChI is InChI=1S/C14H12ClFN2O/c1-18-9-12(8-17-18)10-19-14-7-11(3-2-6-15)4-5-13(14)16/h4-5,7-9H,6,10H2,1H3. The molecule has 0 aliphatic rings. The lowest BCUT2D eigenvalue weighted by atomic mass is 10.2. The van der Waals surface area contributed by atoms with Gasteiger partial charge in [0, 0.05) is 24.4 Å². The molecule has 0 saturated heterocycles. The Morgan fingerprint density at radius 3 is 3.00 bits per heavy atom. The molecule has 5 heteroatoms. The van der Waals surface area contributed by atoms with Crippen LogP contribution in [0.5, 0.6) is 5.75 Å². The van der Waals surface area contributed by atoms with Crippen LogP contribution in [0.15, 0.2) is 30.6 Å². The minimum Gasteiger partial charge on any atom is -0.486 e. The summed E-state index contributed by atoms with van der Waals surface area (Å²) in [5, 5.41) is 4.02. The van der Waals surface area contributed by atoms with Crippen molar-refractivity contribution in [1.82, 2.24) is 9.78 Å². The van der Waals surface area contributed by atoms with E-state index >= 15 is 0 Å². The van der Waals surface area contributed by atoms with E-state index in [1.165, 1.54) is 6.07 Å². The first kappa shape index (κ1) is 13.4. The van der Waals surface area contributed by atoms with Crippen LogP contribution in [-0.4, -0.2) is 15.7 Å². The van der Waals surface area contributed by atoms with Crippen LogP contribution in [0.1, 0.15) is 11.1 Å². The average Bonchev–Trinajstić information content (AvgIpc) is 2.82. The molecule has 1 heterocycles. The van der Waals surface area contributed by atoms with Crippen molar-refractivity contribution in [3.8, 4) is 17.6 Å². The van der Waals surface area contributed by atoms with Crippen LogP contribution in [0.25, 0.3) is 0 Å². The maximum Gasteiger partial charge on any atom is 0.165 e. The second kappa shape index (κ2) is 6.26. The molecule has 0 amide bonds. The molecule has 0 spiro atoms. The summed E-state index contributed by atoms with van der Waals surface area (Å²) in [5.74, 6) is 5.53. The molecule has 0 bridgehead atoms. The van der Waals surface area contributed by atoms with Crippen molar-refractivity contribution < 1.29 is 9.13 Å². The van der Waals surface area contributed by atoms with Gasteiger partial charge >= 0.3 is 0 Å². The van der Waals surface area contributed by atoms with E-state index in [1.807, 2.05) is 13.2 Å². The van der Waals surface area contributed by atoms with Crippen LogP contribution >= 0.6 is 11.6 Å². The number of alkyl halides is 1. The molecule has 98 valence electrons. The summed E-state index contributed by atoms with van der Waals surface area (Å²) in [4.78, 5) is 0. The second-order valence-electron chi connectivity index (χ2n) is 3.89. The molecule has 0 saturated carbocycles. The fourth-order valence-electron chi connectivity index (χ4n) is 1.53. The Morgan fingerprint density at radius 1 is 1.47 bits per heavy atom. The summed E-state index contributed by atoms with van der Waals surface area (Å²) in [6.07, 6.45) is 3.49. The van der Waals surface area contributed by atoms with Crippen LogP contribution in [-0.2, 0) is 13.7 Å². The van der Waals surface area contributed by atoms with E-state index in [-0.39, 0.29) is 18.2 Å². The van der Waals surface area contributed by atoms with E-state index < -0.39 is 5.82 Å². The minimum absolute atomic E-state index is 0.172. The van der Waals surface area contributed by atoms with Gasteiger partial charge < -0.3 is 4.74 Å². The van der Waals surface area contributed by atoms with Crippen molar-refractivity contribution in [3.63, 3.8) is 0 Å². The molecule has 19 heavy (non-hydrogen) atoms. The van der Waals surface area contributed by atoms with E-state index in [9.17, 15) is 4.39 Å². The lowest BCUT2D eigenvalue weighted by molar-refractivity contribution is 0.290. The summed E-state index contributed by atoms with van der Waals surface area (Å²) < 4.78 is 20.7. The average molecular weight is 279 g/mol. The van der Waals surface area contributed by atoms with Gasteiger partial charge in [-0.15, -0.1) is 11.6 Å². The molecule has 1 aromatic heterocycles. The number of halogens is 2. The highest BCUT2D eigenvalue weighted by molar-refractivity contribution is 6.19. The van der Waals surface area contributed by atoms with Crippen molar-refractivity contribution in [2.24, 2.45) is 7.05 Å². The van der Waals surface area contributed by atoms with Gasteiger partial charge in [-0.05, 0) is 18.2 Å². The molecular formula is C14H12ClFN2O. The number of hydrogen-bond acceptors (Lipinski definition) is 2. The molecule has 1 aromatic carbocycles. The third-order valence-electron chi connectivity index (χ3n) is 2.38. The maximum atomic E-state index is 13.6. The van der Waals surface area contributed by atoms with Gasteiger partial charge in [-0.2, -0.15) is 5.10 Å². The van der Waals surface area contributed by atoms with E-state index in [0.29, 0.717) is 5.56 Å². The minimum atomic E-state index is -0.416. The van der Waals surface area contributed by atoms with Gasteiger partial charge in [-0.25, -0.2) is 4.39 Å². The Kier molecular flexibility index (Phi) is 4.43. The molecule has 0 fully saturated rings. The van der Waals surface area contributed by atoms with Crippen molar-refractivity contribution in [3.05, 3.63) is 47.5 Å². The fraction of sp³-hybridized carbons (Fsp3) is 0.214. The summed E-state index contributed by atoms with van der Waals surface area (Å²) >= 11 is 5.48. The van der Waals surface area contributed by atoms with Crippen molar-refractivity contribution in [2.75, 3.05) is 5.88 Å². The van der Waals surface area contributed by atoms with E-state index in [1.54, 1.807) is 23.0 Å². The normalized spacial score (nSPS) is 9.84. The molecule has 0 aliphatic carbocycles. The quantitative estimate of drug-likeness (QED) is 0.638. The molecule has 0 aliphatic heterocycles. The van der Waals surface area contributed by atoms with Crippen LogP contribution in [0, 0.1) is 17.7 Å². The van der Waals surface area contributed by atoms with E-state index in [0.717, 1.165) is 5.56 Å². The number of aryl methyl sites for hydroxylation is 1. The predicted molar refractivity (Wildman–Crippen MR) is 71.5 cm³/mol. The van der Waals surface area contributed by atoms with Crippen LogP contribution < -0.4 is 4.74 Å². The third-order valence-corrected chi connectivity index (χ3v) is 2.52. The first-order chi connectivity index (χ1) is 9.19. The molecule has 0 N–H and O–H groups in total. The fourth-order valence-corrected chi connectivity index (χ4v) is 1.60. The Bertz CT molecular complexity index is 628. The molecular weight excluding hydrogens is 267 g/mol. The van der Waals surface area contributed by atoms with Crippen LogP contribution in [0.2, 0.25) is 0 Å². The molecule has 3 nitrogen and oxygen atoms in total. The van der Waals surface area contributed by atoms with Crippen LogP contribution in [0.4, 0.5) is 4.39 Å². The van der Waals surface area contributed by atoms with Crippen molar-refractivity contribution in [1.29, 1.82) is 0 Å². The van der Waals surface area contributed by atoms with Crippen molar-refractivity contribution in [2.45, 2.75) is 6.61 Å². The first-order valence-electron chi connectivity index (χ1n) is 5.64. The second-order valence-corrected chi connectivity index (χ2v) is 4.16. The van der Waals surface area contributed by atoms with Gasteiger partial charge in [0.2, 0.25) is 0 Å². The van der Waals surface area contributed by atoms with Gasteiger partial charge in [0.15, 0.2) is 11.6 Å². The number of aromatic nitrogens is 2. The zero-order chi connectivity index (χ0) is 13.7. The number of hydrogen-bond donors (Lipinski definition) is 0. The highest BCUT2D eigenvalue weighted by Crippen LogP contribution is 2.19. The largest absolute Gasteiger partial charge is 0.486 e. The smallest absolute Gasteiger partial charge is 0.165 e. The summed E-state index contributed by atoms with van der Waals surface area (Å²) in [6.45, 7) is 0.261. The van der Waals surface area contributed by atoms with Crippen LogP contribution in [0.3, 0.4) is 0 Å². The van der Waals surface area contributed by atoms with E-state index in [2.05, 4.69) is 16.9 Å². The highest BCUT2D eigenvalue weighted by Gasteiger charge is 2.05. The Hall–Kier alpha value is -1.99. The zero-order valence-corrected chi connectivity index (χ0v) is 11.1. The molecule has 0 atom stereocenters. The Labute approximate surface area is 116 Å². The number of nitrogens with zero attached hydrogens (tertiary/aromatic N) is 2. The highest BCUT2D eigenvalue weighted by atomic mass is 35.5. The predicted octanol–water partition coefficient (Wildman–Crippen LogP) is 2.73. The number of benzene rings is 1. The Morgan fingerprint density at radius 2 is 2.32 bits per heavy atom. The van der Waals surface area contributed by atoms with Gasteiger partial charge in [0.05, 0.1) is 12.1 Å². The lowest BCUT2D eigenvalue weighted by Gasteiger charge is -2.06. The van der Waals surface area contributed by atoms with Gasteiger partial charge in [0.1, 0.15) is 6.61 Å². The molecule has 0 radical (unpaired) electrons. The van der Waals surface area contributed by atoms with Gasteiger partial charge in [-0.1, -0.05) is 11.8 Å². The number of ether oxygens (including phenoxy) is 1. The summed E-state index contributed by atoms with van der Waals surface area (Å²) in [7, 11) is 1.81. The topological polar surface area (TPSA) is 27.1 Å². The third kappa shape index (κ3) is 3.73. The van der Waals surface area contributed by atoms with Crippen molar-refractivity contribution >= 4 is 11.6 Å². The maximum absolute atomic E-state index is 13.6. The molecule has 0 unspecified atom stereocenters. The zero-order valence-electron chi connectivity index (χ0n) is 10.4. The first-order valence-corrected chi connectivity index (χ1v) is 6.17. The Balaban J connectivity index is 2.10. The summed E-state index contributed by atoms with van der Waals surface area (Å²) in [6, 6.07) is 4.48. The van der Waals surface area contributed by atoms with Gasteiger partial charge in [-0.3, -0.25) is 4.68 Å². The monoisotopic (exact) mass is 278 g/mol. The molecule has 2 rings (SSSR count). The number of rotatable bonds is 3. The SMILES string of the molecule is Cn1cc(COc2cc(C#CCCl)ccc2F)cn1. The van der Waals surface area contributed by atoms with Gasteiger partial charge in [0.25, 0.3) is 0 Å². The van der Waals surface area contributed by atoms with E-state index in [4.69, 9.17) is 16.3 Å².